The van der Waals surface area contributed by atoms with Gasteiger partial charge in [0.1, 0.15) is 17.2 Å². The van der Waals surface area contributed by atoms with Gasteiger partial charge in [-0.25, -0.2) is 4.85 Å². The molecule has 5 aromatic heterocycles. The second kappa shape index (κ2) is 17.5. The van der Waals surface area contributed by atoms with Crippen LogP contribution in [0.25, 0.3) is 167 Å². The summed E-state index contributed by atoms with van der Waals surface area (Å²) in [6, 6.07) is 72.5. The van der Waals surface area contributed by atoms with E-state index in [2.05, 4.69) is 117 Å². The van der Waals surface area contributed by atoms with Crippen molar-refractivity contribution in [2.75, 3.05) is 0 Å². The molecule has 0 amide bonds. The Morgan fingerprint density at radius 1 is 0.444 bits per heavy atom. The van der Waals surface area contributed by atoms with Crippen molar-refractivity contribution in [3.8, 4) is 62.0 Å². The largest absolute Gasteiger partial charge is 0.456 e. The van der Waals surface area contributed by atoms with E-state index in [0.717, 1.165) is 112 Å². The predicted octanol–water partition coefficient (Wildman–Crippen LogP) is 21.6. The fraction of sp³-hybridized carbons (Fsp3) is 0. The van der Waals surface area contributed by atoms with Crippen LogP contribution < -0.4 is 0 Å². The van der Waals surface area contributed by atoms with Crippen LogP contribution in [0.3, 0.4) is 0 Å². The van der Waals surface area contributed by atoms with E-state index in [1.54, 1.807) is 22.7 Å². The summed E-state index contributed by atoms with van der Waals surface area (Å²) in [5, 5.41) is 21.7. The van der Waals surface area contributed by atoms with E-state index in [9.17, 15) is 14.6 Å². The highest BCUT2D eigenvalue weighted by Crippen LogP contribution is 2.56. The number of hydrogen-bond acceptors (Lipinski definition) is 4. The molecule has 0 atom stereocenters. The molecule has 0 saturated heterocycles. The van der Waals surface area contributed by atoms with Gasteiger partial charge in [0.05, 0.1) is 61.8 Å². The summed E-state index contributed by atoms with van der Waals surface area (Å²) in [5.74, 6) is 0. The monoisotopic (exact) mass is 1070 g/mol. The Morgan fingerprint density at radius 2 is 1.02 bits per heavy atom. The SMILES string of the molecule is [2H]c1c([2H])c([2H])c(-c2cc3c4ccccc4sc3c3c2c2ccc4c5ccccc5sc4c2n3-c2c(C#N)c(-c3ccccc3)c([N+]#[C-])c(-n3c4ccccc4c4c(-c5cccc6oc7ccccc7c56)cccc43)c2-c2ccccc2)c([2H])c1[2H]. The maximum atomic E-state index is 12.5. The van der Waals surface area contributed by atoms with Gasteiger partial charge < -0.3 is 13.6 Å². The normalized spacial score (nSPS) is 12.8. The first-order valence-corrected chi connectivity index (χ1v) is 28.2. The molecule has 0 spiro atoms. The van der Waals surface area contributed by atoms with Crippen molar-refractivity contribution < 1.29 is 11.3 Å². The van der Waals surface area contributed by atoms with Crippen LogP contribution >= 0.6 is 22.7 Å². The van der Waals surface area contributed by atoms with Crippen molar-refractivity contribution in [1.29, 1.82) is 5.26 Å². The molecule has 17 rings (SSSR count). The summed E-state index contributed by atoms with van der Waals surface area (Å²) in [5.41, 5.74) is 11.4. The molecular formula is C74H40N4OS2. The Morgan fingerprint density at radius 3 is 1.75 bits per heavy atom. The molecule has 5 heterocycles. The quantitative estimate of drug-likeness (QED) is 0.156. The number of rotatable bonds is 6. The van der Waals surface area contributed by atoms with Crippen molar-refractivity contribution >= 4 is 134 Å². The summed E-state index contributed by atoms with van der Waals surface area (Å²) in [4.78, 5) is 4.63. The molecule has 0 radical (unpaired) electrons. The minimum Gasteiger partial charge on any atom is -0.456 e. The number of furan rings is 1. The Hall–Kier alpha value is -10.5. The van der Waals surface area contributed by atoms with Crippen molar-refractivity contribution in [1.82, 2.24) is 9.13 Å². The van der Waals surface area contributed by atoms with E-state index in [1.165, 1.54) is 0 Å². The van der Waals surface area contributed by atoms with Gasteiger partial charge in [0, 0.05) is 74.4 Å². The lowest BCUT2D eigenvalue weighted by molar-refractivity contribution is 0.669. The highest BCUT2D eigenvalue weighted by atomic mass is 32.1. The summed E-state index contributed by atoms with van der Waals surface area (Å²) in [7, 11) is 0. The number of para-hydroxylation sites is 2. The number of nitrogens with zero attached hydrogens (tertiary/aromatic N) is 4. The van der Waals surface area contributed by atoms with Crippen LogP contribution in [-0.2, 0) is 0 Å². The van der Waals surface area contributed by atoms with Crippen LogP contribution in [0.15, 0.2) is 247 Å². The summed E-state index contributed by atoms with van der Waals surface area (Å²) in [6.07, 6.45) is 0. The van der Waals surface area contributed by atoms with Crippen molar-refractivity contribution in [3.05, 3.63) is 260 Å². The van der Waals surface area contributed by atoms with Gasteiger partial charge in [-0.2, -0.15) is 5.26 Å². The Kier molecular flexibility index (Phi) is 8.77. The maximum Gasteiger partial charge on any atom is 0.220 e. The zero-order chi connectivity index (χ0) is 57.8. The molecule has 0 unspecified atom stereocenters. The smallest absolute Gasteiger partial charge is 0.220 e. The predicted molar refractivity (Wildman–Crippen MR) is 341 cm³/mol. The molecule has 0 bridgehead atoms. The Balaban J connectivity index is 1.15. The van der Waals surface area contributed by atoms with Gasteiger partial charge >= 0.3 is 0 Å². The molecular weight excluding hydrogens is 1020 g/mol. The molecule has 0 aliphatic rings. The van der Waals surface area contributed by atoms with Gasteiger partial charge in [-0.3, -0.25) is 0 Å². The second-order valence-corrected chi connectivity index (χ2v) is 22.5. The van der Waals surface area contributed by atoms with Crippen molar-refractivity contribution in [2.24, 2.45) is 0 Å². The van der Waals surface area contributed by atoms with Crippen LogP contribution in [0, 0.1) is 17.9 Å². The first-order chi connectivity index (χ1) is 42.2. The zero-order valence-electron chi connectivity index (χ0n) is 47.7. The lowest BCUT2D eigenvalue weighted by Gasteiger charge is -2.26. The molecule has 374 valence electrons. The second-order valence-electron chi connectivity index (χ2n) is 20.4. The van der Waals surface area contributed by atoms with Crippen molar-refractivity contribution in [2.45, 2.75) is 0 Å². The molecule has 0 saturated carbocycles. The van der Waals surface area contributed by atoms with Gasteiger partial charge in [0.25, 0.3) is 0 Å². The third-order valence-corrected chi connectivity index (χ3v) is 18.6. The summed E-state index contributed by atoms with van der Waals surface area (Å²) < 4.78 is 61.2. The molecule has 17 aromatic rings. The minimum absolute atomic E-state index is 0.0756. The first kappa shape index (κ1) is 40.6. The number of fused-ring (bicyclic) bond motifs is 17. The van der Waals surface area contributed by atoms with Crippen LogP contribution in [-0.4, -0.2) is 9.13 Å². The van der Waals surface area contributed by atoms with Crippen LogP contribution in [0.5, 0.6) is 0 Å². The van der Waals surface area contributed by atoms with E-state index in [0.29, 0.717) is 44.5 Å². The zero-order valence-corrected chi connectivity index (χ0v) is 44.4. The third-order valence-electron chi connectivity index (χ3n) is 16.3. The number of thiophene rings is 2. The average Bonchev–Trinajstić information content (AvgIpc) is 1.52. The van der Waals surface area contributed by atoms with Gasteiger partial charge in [-0.05, 0) is 75.8 Å². The number of hydrogen-bond donors (Lipinski definition) is 0. The fourth-order valence-corrected chi connectivity index (χ4v) is 15.5. The first-order valence-electron chi connectivity index (χ1n) is 29.1. The molecule has 0 aliphatic heterocycles. The van der Waals surface area contributed by atoms with E-state index < -0.39 is 18.1 Å². The number of aromatic nitrogens is 2. The molecule has 0 N–H and O–H groups in total. The summed E-state index contributed by atoms with van der Waals surface area (Å²) >= 11 is 3.27. The van der Waals surface area contributed by atoms with Gasteiger partial charge in [-0.15, -0.1) is 22.7 Å². The molecule has 7 heteroatoms. The molecule has 12 aromatic carbocycles. The average molecular weight is 1070 g/mol. The Bertz CT molecular complexity index is 5910. The van der Waals surface area contributed by atoms with Gasteiger partial charge in [-0.1, -0.05) is 200 Å². The summed E-state index contributed by atoms with van der Waals surface area (Å²) in [6.45, 7) is 9.62. The Labute approximate surface area is 478 Å². The van der Waals surface area contributed by atoms with Crippen LogP contribution in [0.1, 0.15) is 12.4 Å². The fourth-order valence-electron chi connectivity index (χ4n) is 13.1. The standard InChI is InChI=1S/C74H40N4OS2/c1-76-68-63(44-23-7-3-8-24-44)56(42-75)69(78-70-53(40-39-50-46-27-13-17-37-61(46)80-73(50)70)67-54(43-21-5-2-6-22-43)41-55-47-28-14-18-38-62(47)81-74(55)72(67)78)64(45-25-9-4-10-26-45)71(68)77-57-33-15-11-29-51(57)65-48(31-19-34-58(65)77)49-32-20-36-60-66(49)52-30-12-16-35-59(52)79-60/h2-41H/i2D,5D,6D,21D,22D. The number of benzene rings is 12. The van der Waals surface area contributed by atoms with E-state index in [4.69, 9.17) is 8.53 Å². The van der Waals surface area contributed by atoms with Gasteiger partial charge in [0.2, 0.25) is 5.69 Å². The lowest BCUT2D eigenvalue weighted by Crippen LogP contribution is -2.09. The maximum absolute atomic E-state index is 12.5. The van der Waals surface area contributed by atoms with Crippen LogP contribution in [0.2, 0.25) is 0 Å². The van der Waals surface area contributed by atoms with E-state index in [-0.39, 0.29) is 28.9 Å². The molecule has 81 heavy (non-hydrogen) atoms. The molecule has 0 fully saturated rings. The van der Waals surface area contributed by atoms with Crippen molar-refractivity contribution in [3.63, 3.8) is 0 Å². The lowest BCUT2D eigenvalue weighted by atomic mass is 9.88. The molecule has 0 aliphatic carbocycles. The highest BCUT2D eigenvalue weighted by molar-refractivity contribution is 7.27. The van der Waals surface area contributed by atoms with E-state index >= 15 is 0 Å². The minimum atomic E-state index is -0.479. The molecule has 5 nitrogen and oxygen atoms in total. The van der Waals surface area contributed by atoms with Crippen LogP contribution in [0.4, 0.5) is 5.69 Å². The van der Waals surface area contributed by atoms with Gasteiger partial charge in [0.15, 0.2) is 0 Å². The van der Waals surface area contributed by atoms with E-state index in [1.807, 2.05) is 115 Å². The number of nitriles is 1. The topological polar surface area (TPSA) is 51.1 Å². The third kappa shape index (κ3) is 6.39. The highest BCUT2D eigenvalue weighted by Gasteiger charge is 2.34.